The second kappa shape index (κ2) is 4.65. The number of nitrogens with zero attached hydrogens (tertiary/aromatic N) is 3. The first-order valence-electron chi connectivity index (χ1n) is 5.75. The van der Waals surface area contributed by atoms with Crippen LogP contribution in [0.25, 0.3) is 0 Å². The van der Waals surface area contributed by atoms with Crippen molar-refractivity contribution in [1.29, 1.82) is 0 Å². The summed E-state index contributed by atoms with van der Waals surface area (Å²) >= 11 is 0. The van der Waals surface area contributed by atoms with E-state index in [9.17, 15) is 4.79 Å². The Bertz CT molecular complexity index is 370. The van der Waals surface area contributed by atoms with Crippen LogP contribution >= 0.6 is 0 Å². The Morgan fingerprint density at radius 1 is 1.69 bits per heavy atom. The molecule has 5 heteroatoms. The van der Waals surface area contributed by atoms with Crippen molar-refractivity contribution >= 4 is 5.91 Å². The first-order valence-corrected chi connectivity index (χ1v) is 5.75. The number of aromatic nitrogens is 2. The first kappa shape index (κ1) is 11.1. The average Bonchev–Trinajstić information content (AvgIpc) is 3.00. The zero-order valence-corrected chi connectivity index (χ0v) is 9.59. The molecule has 0 atom stereocenters. The number of hydrogen-bond donors (Lipinski definition) is 1. The molecule has 16 heavy (non-hydrogen) atoms. The summed E-state index contributed by atoms with van der Waals surface area (Å²) in [7, 11) is 0. The van der Waals surface area contributed by atoms with Crippen molar-refractivity contribution in [2.45, 2.75) is 38.9 Å². The van der Waals surface area contributed by atoms with Crippen molar-refractivity contribution in [3.8, 4) is 0 Å². The van der Waals surface area contributed by atoms with Crippen LogP contribution in [0.2, 0.25) is 0 Å². The van der Waals surface area contributed by atoms with E-state index in [0.717, 1.165) is 25.2 Å². The Balaban J connectivity index is 2.00. The molecule has 0 bridgehead atoms. The van der Waals surface area contributed by atoms with Gasteiger partial charge in [-0.2, -0.15) is 0 Å². The zero-order valence-electron chi connectivity index (χ0n) is 9.59. The highest BCUT2D eigenvalue weighted by Gasteiger charge is 2.31. The molecule has 88 valence electrons. The molecule has 2 N–H and O–H groups in total. The maximum Gasteiger partial charge on any atom is 0.242 e. The minimum atomic E-state index is 0.165. The van der Waals surface area contributed by atoms with Gasteiger partial charge in [0.25, 0.3) is 0 Å². The van der Waals surface area contributed by atoms with Gasteiger partial charge < -0.3 is 15.2 Å². The topological polar surface area (TPSA) is 64.2 Å². The quantitative estimate of drug-likeness (QED) is 0.782. The van der Waals surface area contributed by atoms with E-state index in [4.69, 9.17) is 5.73 Å². The molecule has 1 saturated carbocycles. The number of carbonyl (C=O) groups is 1. The molecule has 0 aromatic carbocycles. The highest BCUT2D eigenvalue weighted by atomic mass is 16.2. The van der Waals surface area contributed by atoms with Gasteiger partial charge >= 0.3 is 0 Å². The van der Waals surface area contributed by atoms with Crippen molar-refractivity contribution in [3.63, 3.8) is 0 Å². The number of likely N-dealkylation sites (N-methyl/N-ethyl adjacent to an activating group) is 1. The molecule has 5 nitrogen and oxygen atoms in total. The van der Waals surface area contributed by atoms with Crippen LogP contribution in [0.3, 0.4) is 0 Å². The van der Waals surface area contributed by atoms with Gasteiger partial charge in [-0.25, -0.2) is 4.98 Å². The van der Waals surface area contributed by atoms with Crippen LogP contribution in [0.4, 0.5) is 0 Å². The van der Waals surface area contributed by atoms with Gasteiger partial charge in [0.15, 0.2) is 0 Å². The van der Waals surface area contributed by atoms with Crippen LogP contribution in [0.1, 0.15) is 25.6 Å². The lowest BCUT2D eigenvalue weighted by Crippen LogP contribution is -2.35. The van der Waals surface area contributed by atoms with E-state index in [0.29, 0.717) is 19.1 Å². The Labute approximate surface area is 95.2 Å². The van der Waals surface area contributed by atoms with E-state index in [2.05, 4.69) is 4.98 Å². The molecule has 0 radical (unpaired) electrons. The van der Waals surface area contributed by atoms with Crippen LogP contribution in [-0.2, 0) is 17.9 Å². The Morgan fingerprint density at radius 3 is 3.00 bits per heavy atom. The van der Waals surface area contributed by atoms with Crippen molar-refractivity contribution in [3.05, 3.63) is 18.2 Å². The minimum absolute atomic E-state index is 0.165. The zero-order chi connectivity index (χ0) is 11.5. The summed E-state index contributed by atoms with van der Waals surface area (Å²) < 4.78 is 1.83. The van der Waals surface area contributed by atoms with Crippen molar-refractivity contribution < 1.29 is 4.79 Å². The summed E-state index contributed by atoms with van der Waals surface area (Å²) in [5.74, 6) is 0.929. The van der Waals surface area contributed by atoms with E-state index in [-0.39, 0.29) is 5.91 Å². The van der Waals surface area contributed by atoms with Gasteiger partial charge in [-0.1, -0.05) is 0 Å². The molecular weight excluding hydrogens is 204 g/mol. The number of nitrogens with two attached hydrogens (primary N) is 1. The fourth-order valence-electron chi connectivity index (χ4n) is 1.93. The van der Waals surface area contributed by atoms with Crippen LogP contribution in [0, 0.1) is 0 Å². The second-order valence-corrected chi connectivity index (χ2v) is 4.09. The molecule has 1 aliphatic rings. The van der Waals surface area contributed by atoms with Gasteiger partial charge in [-0.15, -0.1) is 0 Å². The Kier molecular flexibility index (Phi) is 3.24. The summed E-state index contributed by atoms with van der Waals surface area (Å²) in [5, 5.41) is 0. The number of imidazole rings is 1. The third-order valence-corrected chi connectivity index (χ3v) is 2.94. The molecule has 0 unspecified atom stereocenters. The minimum Gasteiger partial charge on any atom is -0.338 e. The van der Waals surface area contributed by atoms with E-state index in [1.54, 1.807) is 12.4 Å². The standard InChI is InChI=1S/C11H18N4O/c1-2-15(9-3-4-9)11(16)8-14-6-5-13-10(14)7-12/h5-6,9H,2-4,7-8,12H2,1H3. The fourth-order valence-corrected chi connectivity index (χ4v) is 1.93. The van der Waals surface area contributed by atoms with Crippen molar-refractivity contribution in [2.24, 2.45) is 5.73 Å². The number of carbonyl (C=O) groups excluding carboxylic acids is 1. The van der Waals surface area contributed by atoms with Crippen LogP contribution in [0.15, 0.2) is 12.4 Å². The summed E-state index contributed by atoms with van der Waals surface area (Å²) in [6.07, 6.45) is 5.78. The van der Waals surface area contributed by atoms with Crippen LogP contribution < -0.4 is 5.73 Å². The molecule has 0 aliphatic heterocycles. The second-order valence-electron chi connectivity index (χ2n) is 4.09. The largest absolute Gasteiger partial charge is 0.338 e. The molecule has 1 fully saturated rings. The summed E-state index contributed by atoms with van der Waals surface area (Å²) in [6.45, 7) is 3.54. The van der Waals surface area contributed by atoms with E-state index < -0.39 is 0 Å². The smallest absolute Gasteiger partial charge is 0.242 e. The van der Waals surface area contributed by atoms with Crippen molar-refractivity contribution in [2.75, 3.05) is 6.54 Å². The average molecular weight is 222 g/mol. The van der Waals surface area contributed by atoms with Gasteiger partial charge in [0, 0.05) is 25.0 Å². The summed E-state index contributed by atoms with van der Waals surface area (Å²) in [5.41, 5.74) is 5.54. The Hall–Kier alpha value is -1.36. The lowest BCUT2D eigenvalue weighted by Gasteiger charge is -2.20. The number of amides is 1. The lowest BCUT2D eigenvalue weighted by atomic mass is 10.4. The van der Waals surface area contributed by atoms with Gasteiger partial charge in [0.1, 0.15) is 12.4 Å². The Morgan fingerprint density at radius 2 is 2.44 bits per heavy atom. The molecule has 0 saturated heterocycles. The molecular formula is C11H18N4O. The first-order chi connectivity index (χ1) is 7.76. The number of rotatable bonds is 5. The van der Waals surface area contributed by atoms with Gasteiger partial charge in [0.05, 0.1) is 6.54 Å². The predicted molar refractivity (Wildman–Crippen MR) is 60.5 cm³/mol. The molecule has 2 rings (SSSR count). The molecule has 1 aliphatic carbocycles. The third-order valence-electron chi connectivity index (χ3n) is 2.94. The molecule has 1 heterocycles. The highest BCUT2D eigenvalue weighted by Crippen LogP contribution is 2.26. The molecule has 0 spiro atoms. The third kappa shape index (κ3) is 2.24. The van der Waals surface area contributed by atoms with E-state index in [1.807, 2.05) is 16.4 Å². The highest BCUT2D eigenvalue weighted by molar-refractivity contribution is 5.76. The lowest BCUT2D eigenvalue weighted by molar-refractivity contribution is -0.132. The maximum absolute atomic E-state index is 12.0. The van der Waals surface area contributed by atoms with E-state index in [1.165, 1.54) is 0 Å². The summed E-state index contributed by atoms with van der Waals surface area (Å²) in [4.78, 5) is 18.1. The monoisotopic (exact) mass is 222 g/mol. The predicted octanol–water partition coefficient (Wildman–Crippen LogP) is 0.353. The maximum atomic E-state index is 12.0. The number of hydrogen-bond acceptors (Lipinski definition) is 3. The van der Waals surface area contributed by atoms with Crippen molar-refractivity contribution in [1.82, 2.24) is 14.5 Å². The van der Waals surface area contributed by atoms with Gasteiger partial charge in [-0.05, 0) is 19.8 Å². The van der Waals surface area contributed by atoms with E-state index >= 15 is 0 Å². The van der Waals surface area contributed by atoms with Crippen LogP contribution in [0.5, 0.6) is 0 Å². The van der Waals surface area contributed by atoms with Gasteiger partial charge in [0.2, 0.25) is 5.91 Å². The van der Waals surface area contributed by atoms with Gasteiger partial charge in [-0.3, -0.25) is 4.79 Å². The SMILES string of the molecule is CCN(C(=O)Cn1ccnc1CN)C1CC1. The molecule has 1 aromatic rings. The normalized spacial score (nSPS) is 15.1. The molecule has 1 amide bonds. The fraction of sp³-hybridized carbons (Fsp3) is 0.636. The summed E-state index contributed by atoms with van der Waals surface area (Å²) in [6, 6.07) is 0.474. The van der Waals surface area contributed by atoms with Crippen LogP contribution in [-0.4, -0.2) is 32.9 Å². The molecule has 1 aromatic heterocycles.